The number of benzene rings is 2. The Morgan fingerprint density at radius 1 is 1.15 bits per heavy atom. The topological polar surface area (TPSA) is 21.3 Å². The van der Waals surface area contributed by atoms with Gasteiger partial charge in [-0.2, -0.15) is 0 Å². The van der Waals surface area contributed by atoms with E-state index in [2.05, 4.69) is 24.4 Å². The molecule has 0 aliphatic rings. The summed E-state index contributed by atoms with van der Waals surface area (Å²) in [6, 6.07) is 12.7. The first-order valence-corrected chi connectivity index (χ1v) is 6.88. The molecular formula is C17H20FNO. The Morgan fingerprint density at radius 2 is 2.00 bits per heavy atom. The summed E-state index contributed by atoms with van der Waals surface area (Å²) in [5, 5.41) is 3.36. The van der Waals surface area contributed by atoms with Gasteiger partial charge in [0.15, 0.2) is 0 Å². The highest BCUT2D eigenvalue weighted by Crippen LogP contribution is 2.31. The van der Waals surface area contributed by atoms with Crippen molar-refractivity contribution in [3.8, 4) is 16.9 Å². The Hall–Kier alpha value is -1.87. The monoisotopic (exact) mass is 273 g/mol. The minimum Gasteiger partial charge on any atom is -0.496 e. The van der Waals surface area contributed by atoms with Crippen molar-refractivity contribution in [1.29, 1.82) is 0 Å². The zero-order valence-corrected chi connectivity index (χ0v) is 11.9. The van der Waals surface area contributed by atoms with Gasteiger partial charge in [0.2, 0.25) is 0 Å². The second kappa shape index (κ2) is 7.06. The molecule has 0 aliphatic carbocycles. The molecule has 2 aromatic rings. The molecule has 0 atom stereocenters. The highest BCUT2D eigenvalue weighted by molar-refractivity contribution is 5.71. The van der Waals surface area contributed by atoms with Crippen molar-refractivity contribution < 1.29 is 9.13 Å². The van der Waals surface area contributed by atoms with Gasteiger partial charge in [0.05, 0.1) is 7.11 Å². The van der Waals surface area contributed by atoms with Crippen LogP contribution in [0.4, 0.5) is 4.39 Å². The largest absolute Gasteiger partial charge is 0.496 e. The summed E-state index contributed by atoms with van der Waals surface area (Å²) in [4.78, 5) is 0. The fourth-order valence-electron chi connectivity index (χ4n) is 2.16. The molecule has 0 aliphatic heterocycles. The van der Waals surface area contributed by atoms with E-state index in [0.717, 1.165) is 30.6 Å². The Kier molecular flexibility index (Phi) is 5.13. The molecule has 106 valence electrons. The van der Waals surface area contributed by atoms with Gasteiger partial charge in [-0.25, -0.2) is 4.39 Å². The molecule has 0 saturated heterocycles. The van der Waals surface area contributed by atoms with Crippen molar-refractivity contribution in [1.82, 2.24) is 5.32 Å². The van der Waals surface area contributed by atoms with E-state index in [0.29, 0.717) is 5.75 Å². The molecule has 0 bridgehead atoms. The normalized spacial score (nSPS) is 10.6. The second-order valence-corrected chi connectivity index (χ2v) is 4.72. The third kappa shape index (κ3) is 3.58. The van der Waals surface area contributed by atoms with Crippen LogP contribution in [0.25, 0.3) is 11.1 Å². The number of ether oxygens (including phenoxy) is 1. The molecule has 0 spiro atoms. The fraction of sp³-hybridized carbons (Fsp3) is 0.294. The molecular weight excluding hydrogens is 253 g/mol. The molecule has 0 saturated carbocycles. The van der Waals surface area contributed by atoms with Crippen LogP contribution in [0.5, 0.6) is 5.75 Å². The van der Waals surface area contributed by atoms with Gasteiger partial charge in [-0.05, 0) is 48.4 Å². The van der Waals surface area contributed by atoms with Gasteiger partial charge in [-0.15, -0.1) is 0 Å². The Morgan fingerprint density at radius 3 is 2.75 bits per heavy atom. The molecule has 0 fully saturated rings. The standard InChI is InChI=1S/C17H20FNO/c1-3-9-19-12-13-5-4-6-14(10-13)16-11-15(18)7-8-17(16)20-2/h4-8,10-11,19H,3,9,12H2,1-2H3. The van der Waals surface area contributed by atoms with Crippen LogP contribution in [0.3, 0.4) is 0 Å². The van der Waals surface area contributed by atoms with Crippen LogP contribution in [0.1, 0.15) is 18.9 Å². The molecule has 0 heterocycles. The minimum atomic E-state index is -0.254. The van der Waals surface area contributed by atoms with E-state index < -0.39 is 0 Å². The van der Waals surface area contributed by atoms with Gasteiger partial charge >= 0.3 is 0 Å². The van der Waals surface area contributed by atoms with E-state index >= 15 is 0 Å². The van der Waals surface area contributed by atoms with Crippen molar-refractivity contribution in [2.45, 2.75) is 19.9 Å². The van der Waals surface area contributed by atoms with E-state index in [4.69, 9.17) is 4.74 Å². The summed E-state index contributed by atoms with van der Waals surface area (Å²) in [5.41, 5.74) is 2.93. The van der Waals surface area contributed by atoms with Gasteiger partial charge in [-0.3, -0.25) is 0 Å². The lowest BCUT2D eigenvalue weighted by Crippen LogP contribution is -2.13. The molecule has 0 radical (unpaired) electrons. The van der Waals surface area contributed by atoms with E-state index in [1.807, 2.05) is 12.1 Å². The minimum absolute atomic E-state index is 0.254. The molecule has 1 N–H and O–H groups in total. The lowest BCUT2D eigenvalue weighted by molar-refractivity contribution is 0.415. The van der Waals surface area contributed by atoms with E-state index in [9.17, 15) is 4.39 Å². The average Bonchev–Trinajstić information content (AvgIpc) is 2.48. The number of methoxy groups -OCH3 is 1. The molecule has 2 aromatic carbocycles. The number of rotatable bonds is 6. The third-order valence-electron chi connectivity index (χ3n) is 3.16. The SMILES string of the molecule is CCCNCc1cccc(-c2cc(F)ccc2OC)c1. The van der Waals surface area contributed by atoms with Crippen molar-refractivity contribution in [3.63, 3.8) is 0 Å². The van der Waals surface area contributed by atoms with E-state index in [-0.39, 0.29) is 5.82 Å². The number of hydrogen-bond acceptors (Lipinski definition) is 2. The molecule has 0 aromatic heterocycles. The second-order valence-electron chi connectivity index (χ2n) is 4.72. The van der Waals surface area contributed by atoms with Gasteiger partial charge in [0.1, 0.15) is 11.6 Å². The first-order valence-electron chi connectivity index (χ1n) is 6.88. The Balaban J connectivity index is 2.28. The van der Waals surface area contributed by atoms with Crippen LogP contribution in [0, 0.1) is 5.82 Å². The van der Waals surface area contributed by atoms with E-state index in [1.54, 1.807) is 13.2 Å². The van der Waals surface area contributed by atoms with Crippen LogP contribution in [0.2, 0.25) is 0 Å². The predicted molar refractivity (Wildman–Crippen MR) is 80.4 cm³/mol. The average molecular weight is 273 g/mol. The molecule has 0 amide bonds. The van der Waals surface area contributed by atoms with Crippen LogP contribution in [0.15, 0.2) is 42.5 Å². The first-order chi connectivity index (χ1) is 9.74. The molecule has 20 heavy (non-hydrogen) atoms. The number of nitrogens with one attached hydrogen (secondary N) is 1. The summed E-state index contributed by atoms with van der Waals surface area (Å²) >= 11 is 0. The number of halogens is 1. The van der Waals surface area contributed by atoms with Crippen LogP contribution in [-0.4, -0.2) is 13.7 Å². The predicted octanol–water partition coefficient (Wildman–Crippen LogP) is 4.00. The third-order valence-corrected chi connectivity index (χ3v) is 3.16. The molecule has 2 rings (SSSR count). The van der Waals surface area contributed by atoms with E-state index in [1.165, 1.54) is 17.7 Å². The first kappa shape index (κ1) is 14.5. The van der Waals surface area contributed by atoms with Gasteiger partial charge in [0.25, 0.3) is 0 Å². The summed E-state index contributed by atoms with van der Waals surface area (Å²) < 4.78 is 18.8. The van der Waals surface area contributed by atoms with Crippen LogP contribution >= 0.6 is 0 Å². The van der Waals surface area contributed by atoms with Crippen LogP contribution in [-0.2, 0) is 6.54 Å². The maximum Gasteiger partial charge on any atom is 0.126 e. The molecule has 0 unspecified atom stereocenters. The zero-order valence-electron chi connectivity index (χ0n) is 11.9. The smallest absolute Gasteiger partial charge is 0.126 e. The molecule has 3 heteroatoms. The zero-order chi connectivity index (χ0) is 14.4. The summed E-state index contributed by atoms with van der Waals surface area (Å²) in [5.74, 6) is 0.431. The maximum absolute atomic E-state index is 13.5. The van der Waals surface area contributed by atoms with Crippen molar-refractivity contribution in [3.05, 3.63) is 53.8 Å². The number of hydrogen-bond donors (Lipinski definition) is 1. The summed E-state index contributed by atoms with van der Waals surface area (Å²) in [6.07, 6.45) is 1.11. The summed E-state index contributed by atoms with van der Waals surface area (Å²) in [7, 11) is 1.60. The highest BCUT2D eigenvalue weighted by atomic mass is 19.1. The van der Waals surface area contributed by atoms with Gasteiger partial charge in [-0.1, -0.05) is 25.1 Å². The quantitative estimate of drug-likeness (QED) is 0.803. The van der Waals surface area contributed by atoms with Gasteiger partial charge < -0.3 is 10.1 Å². The van der Waals surface area contributed by atoms with Crippen molar-refractivity contribution >= 4 is 0 Å². The van der Waals surface area contributed by atoms with Crippen molar-refractivity contribution in [2.75, 3.05) is 13.7 Å². The summed E-state index contributed by atoms with van der Waals surface area (Å²) in [6.45, 7) is 3.95. The Bertz CT molecular complexity index is 569. The van der Waals surface area contributed by atoms with Crippen molar-refractivity contribution in [2.24, 2.45) is 0 Å². The van der Waals surface area contributed by atoms with Crippen LogP contribution < -0.4 is 10.1 Å². The lowest BCUT2D eigenvalue weighted by atomic mass is 10.0. The lowest BCUT2D eigenvalue weighted by Gasteiger charge is -2.10. The highest BCUT2D eigenvalue weighted by Gasteiger charge is 2.07. The maximum atomic E-state index is 13.5. The Labute approximate surface area is 119 Å². The molecule has 2 nitrogen and oxygen atoms in total. The van der Waals surface area contributed by atoms with Gasteiger partial charge in [0, 0.05) is 12.1 Å². The fourth-order valence-corrected chi connectivity index (χ4v) is 2.16.